The Kier molecular flexibility index (Phi) is 4.26. The zero-order valence-electron chi connectivity index (χ0n) is 12.4. The monoisotopic (exact) mass is 298 g/mol. The smallest absolute Gasteiger partial charge is 0.178 e. The molecule has 0 aliphatic carbocycles. The van der Waals surface area contributed by atoms with E-state index in [0.29, 0.717) is 5.69 Å². The van der Waals surface area contributed by atoms with Crippen LogP contribution in [0, 0.1) is 11.3 Å². The van der Waals surface area contributed by atoms with Crippen LogP contribution in [-0.2, 0) is 4.79 Å². The van der Waals surface area contributed by atoms with Crippen LogP contribution in [0.5, 0.6) is 0 Å². The summed E-state index contributed by atoms with van der Waals surface area (Å²) in [6.45, 7) is 0. The van der Waals surface area contributed by atoms with E-state index < -0.39 is 5.92 Å². The number of hydrogen-bond acceptors (Lipinski definition) is 3. The maximum absolute atomic E-state index is 12.3. The maximum atomic E-state index is 12.3. The first kappa shape index (κ1) is 14.7. The van der Waals surface area contributed by atoms with Gasteiger partial charge in [-0.05, 0) is 34.5 Å². The fourth-order valence-corrected chi connectivity index (χ4v) is 2.49. The summed E-state index contributed by atoms with van der Waals surface area (Å²) in [5, 5.41) is 11.5. The highest BCUT2D eigenvalue weighted by Crippen LogP contribution is 2.20. The highest BCUT2D eigenvalue weighted by atomic mass is 16.1. The third-order valence-electron chi connectivity index (χ3n) is 3.65. The lowest BCUT2D eigenvalue weighted by atomic mass is 9.99. The van der Waals surface area contributed by atoms with Gasteiger partial charge in [0.05, 0.1) is 11.8 Å². The third kappa shape index (κ3) is 3.17. The van der Waals surface area contributed by atoms with Crippen LogP contribution in [0.1, 0.15) is 17.2 Å². The molecule has 3 rings (SSSR count). The lowest BCUT2D eigenvalue weighted by Gasteiger charge is -2.04. The number of allylic oxidation sites excluding steroid dienone is 1. The fraction of sp³-hybridized carbons (Fsp3) is 0.0500. The lowest BCUT2D eigenvalue weighted by Crippen LogP contribution is -2.09. The quantitative estimate of drug-likeness (QED) is 0.681. The average molecular weight is 298 g/mol. The Morgan fingerprint density at radius 3 is 2.61 bits per heavy atom. The van der Waals surface area contributed by atoms with E-state index in [1.54, 1.807) is 30.5 Å². The van der Waals surface area contributed by atoms with Crippen LogP contribution in [0.15, 0.2) is 72.9 Å². The van der Waals surface area contributed by atoms with Crippen LogP contribution >= 0.6 is 0 Å². The minimum atomic E-state index is -0.873. The molecule has 0 radical (unpaired) electrons. The number of fused-ring (bicyclic) bond motifs is 1. The Morgan fingerprint density at radius 2 is 1.83 bits per heavy atom. The van der Waals surface area contributed by atoms with E-state index in [9.17, 15) is 10.1 Å². The summed E-state index contributed by atoms with van der Waals surface area (Å²) in [6, 6.07) is 21.2. The molecule has 110 valence electrons. The van der Waals surface area contributed by atoms with Crippen LogP contribution in [0.25, 0.3) is 16.8 Å². The molecule has 0 aliphatic heterocycles. The number of carbonyl (C=O) groups excluding carboxylic acids is 1. The molecule has 23 heavy (non-hydrogen) atoms. The Balaban J connectivity index is 1.89. The number of carbonyl (C=O) groups is 1. The molecule has 3 heteroatoms. The normalized spacial score (nSPS) is 12.1. The summed E-state index contributed by atoms with van der Waals surface area (Å²) in [6.07, 6.45) is 4.81. The number of nitriles is 1. The van der Waals surface area contributed by atoms with Gasteiger partial charge in [0.25, 0.3) is 0 Å². The Bertz CT molecular complexity index is 902. The summed E-state index contributed by atoms with van der Waals surface area (Å²) < 4.78 is 0. The van der Waals surface area contributed by atoms with Gasteiger partial charge >= 0.3 is 0 Å². The van der Waals surface area contributed by atoms with Crippen molar-refractivity contribution < 1.29 is 4.79 Å². The van der Waals surface area contributed by atoms with Crippen molar-refractivity contribution in [2.45, 2.75) is 5.92 Å². The van der Waals surface area contributed by atoms with Crippen molar-refractivity contribution in [1.82, 2.24) is 4.98 Å². The van der Waals surface area contributed by atoms with Gasteiger partial charge in [0.1, 0.15) is 0 Å². The second kappa shape index (κ2) is 6.67. The first-order chi connectivity index (χ1) is 11.3. The number of nitrogens with zero attached hydrogens (tertiary/aromatic N) is 2. The van der Waals surface area contributed by atoms with Crippen LogP contribution < -0.4 is 0 Å². The molecule has 0 amide bonds. The SMILES string of the molecule is N#C[C@H](C(=O)/C=C/c1cccc2ccccc12)c1ccccn1. The molecule has 3 aromatic rings. The Hall–Kier alpha value is -3.25. The summed E-state index contributed by atoms with van der Waals surface area (Å²) in [4.78, 5) is 16.4. The first-order valence-corrected chi connectivity index (χ1v) is 7.30. The van der Waals surface area contributed by atoms with Gasteiger partial charge in [-0.1, -0.05) is 54.6 Å². The molecule has 0 N–H and O–H groups in total. The van der Waals surface area contributed by atoms with E-state index in [0.717, 1.165) is 16.3 Å². The van der Waals surface area contributed by atoms with Gasteiger partial charge in [-0.15, -0.1) is 0 Å². The molecule has 0 saturated heterocycles. The van der Waals surface area contributed by atoms with Crippen LogP contribution in [-0.4, -0.2) is 10.8 Å². The van der Waals surface area contributed by atoms with Gasteiger partial charge in [-0.3, -0.25) is 9.78 Å². The van der Waals surface area contributed by atoms with Gasteiger partial charge in [-0.2, -0.15) is 5.26 Å². The minimum Gasteiger partial charge on any atom is -0.293 e. The fourth-order valence-electron chi connectivity index (χ4n) is 2.49. The Labute approximate surface area is 134 Å². The highest BCUT2D eigenvalue weighted by Gasteiger charge is 2.18. The zero-order chi connectivity index (χ0) is 16.1. The number of benzene rings is 2. The second-order valence-electron chi connectivity index (χ2n) is 5.12. The largest absolute Gasteiger partial charge is 0.293 e. The van der Waals surface area contributed by atoms with E-state index in [1.807, 2.05) is 48.5 Å². The van der Waals surface area contributed by atoms with E-state index in [-0.39, 0.29) is 5.78 Å². The summed E-state index contributed by atoms with van der Waals surface area (Å²) >= 11 is 0. The predicted octanol–water partition coefficient (Wildman–Crippen LogP) is 4.12. The van der Waals surface area contributed by atoms with E-state index >= 15 is 0 Å². The molecule has 1 heterocycles. The minimum absolute atomic E-state index is 0.265. The van der Waals surface area contributed by atoms with Crippen molar-refractivity contribution in [1.29, 1.82) is 5.26 Å². The van der Waals surface area contributed by atoms with Crippen molar-refractivity contribution in [3.8, 4) is 6.07 Å². The molecule has 0 unspecified atom stereocenters. The van der Waals surface area contributed by atoms with E-state index in [2.05, 4.69) is 4.98 Å². The number of rotatable bonds is 4. The molecule has 0 bridgehead atoms. The lowest BCUT2D eigenvalue weighted by molar-refractivity contribution is -0.114. The average Bonchev–Trinajstić information content (AvgIpc) is 2.61. The van der Waals surface area contributed by atoms with Crippen molar-refractivity contribution in [3.63, 3.8) is 0 Å². The Morgan fingerprint density at radius 1 is 1.04 bits per heavy atom. The van der Waals surface area contributed by atoms with Crippen molar-refractivity contribution >= 4 is 22.6 Å². The molecule has 0 spiro atoms. The number of pyridine rings is 1. The summed E-state index contributed by atoms with van der Waals surface area (Å²) in [7, 11) is 0. The molecular formula is C20H14N2O. The van der Waals surface area contributed by atoms with E-state index in [4.69, 9.17) is 0 Å². The van der Waals surface area contributed by atoms with Crippen molar-refractivity contribution in [3.05, 3.63) is 84.2 Å². The second-order valence-corrected chi connectivity index (χ2v) is 5.12. The molecule has 1 aromatic heterocycles. The molecule has 0 aliphatic rings. The molecule has 1 atom stereocenters. The molecule has 0 fully saturated rings. The standard InChI is InChI=1S/C20H14N2O/c21-14-18(19-10-3-4-13-22-19)20(23)12-11-16-8-5-7-15-6-1-2-9-17(15)16/h1-13,18H/b12-11+/t18-/m0/s1. The van der Waals surface area contributed by atoms with Gasteiger partial charge in [-0.25, -0.2) is 0 Å². The van der Waals surface area contributed by atoms with Gasteiger partial charge in [0, 0.05) is 6.20 Å². The highest BCUT2D eigenvalue weighted by molar-refractivity contribution is 6.02. The van der Waals surface area contributed by atoms with Gasteiger partial charge in [0.2, 0.25) is 0 Å². The molecule has 0 saturated carbocycles. The van der Waals surface area contributed by atoms with Crippen LogP contribution in [0.4, 0.5) is 0 Å². The van der Waals surface area contributed by atoms with Crippen molar-refractivity contribution in [2.24, 2.45) is 0 Å². The third-order valence-corrected chi connectivity index (χ3v) is 3.65. The molecule has 3 nitrogen and oxygen atoms in total. The van der Waals surface area contributed by atoms with Crippen LogP contribution in [0.3, 0.4) is 0 Å². The maximum Gasteiger partial charge on any atom is 0.178 e. The van der Waals surface area contributed by atoms with Gasteiger partial charge < -0.3 is 0 Å². The number of ketones is 1. The summed E-state index contributed by atoms with van der Waals surface area (Å²) in [5.74, 6) is -1.14. The number of hydrogen-bond donors (Lipinski definition) is 0. The van der Waals surface area contributed by atoms with Crippen LogP contribution in [0.2, 0.25) is 0 Å². The number of aromatic nitrogens is 1. The zero-order valence-corrected chi connectivity index (χ0v) is 12.4. The molecule has 2 aromatic carbocycles. The first-order valence-electron chi connectivity index (χ1n) is 7.30. The topological polar surface area (TPSA) is 53.8 Å². The van der Waals surface area contributed by atoms with E-state index in [1.165, 1.54) is 6.08 Å². The predicted molar refractivity (Wildman–Crippen MR) is 90.6 cm³/mol. The summed E-state index contributed by atoms with van der Waals surface area (Å²) in [5.41, 5.74) is 1.43. The molecular weight excluding hydrogens is 284 g/mol. The van der Waals surface area contributed by atoms with Crippen molar-refractivity contribution in [2.75, 3.05) is 0 Å². The van der Waals surface area contributed by atoms with Gasteiger partial charge in [0.15, 0.2) is 11.7 Å².